The smallest absolute Gasteiger partial charge is 0.191 e. The highest BCUT2D eigenvalue weighted by Gasteiger charge is 2.05. The molecule has 0 atom stereocenters. The summed E-state index contributed by atoms with van der Waals surface area (Å²) < 4.78 is 1.99. The van der Waals surface area contributed by atoms with Crippen molar-refractivity contribution in [1.29, 1.82) is 0 Å². The Kier molecular flexibility index (Phi) is 3.63. The molecule has 0 aromatic carbocycles. The summed E-state index contributed by atoms with van der Waals surface area (Å²) in [5.74, 6) is 2.68. The number of hydrogen-bond donors (Lipinski definition) is 1. The summed E-state index contributed by atoms with van der Waals surface area (Å²) in [6, 6.07) is 4.05. The average molecular weight is 249 g/mol. The van der Waals surface area contributed by atoms with Gasteiger partial charge in [-0.15, -0.1) is 10.2 Å². The predicted molar refractivity (Wildman–Crippen MR) is 69.1 cm³/mol. The van der Waals surface area contributed by atoms with Gasteiger partial charge in [-0.1, -0.05) is 11.8 Å². The highest BCUT2D eigenvalue weighted by atomic mass is 32.2. The van der Waals surface area contributed by atoms with Gasteiger partial charge in [0.15, 0.2) is 5.16 Å². The molecule has 0 fully saturated rings. The van der Waals surface area contributed by atoms with Gasteiger partial charge >= 0.3 is 0 Å². The van der Waals surface area contributed by atoms with Gasteiger partial charge in [0, 0.05) is 26.0 Å². The molecular formula is C11H15N5S. The molecule has 6 heteroatoms. The van der Waals surface area contributed by atoms with Gasteiger partial charge in [-0.2, -0.15) is 0 Å². The molecule has 0 radical (unpaired) electrons. The summed E-state index contributed by atoms with van der Waals surface area (Å²) in [6.07, 6.45) is 1.81. The highest BCUT2D eigenvalue weighted by Crippen LogP contribution is 2.21. The van der Waals surface area contributed by atoms with Crippen LogP contribution in [0.2, 0.25) is 0 Å². The van der Waals surface area contributed by atoms with E-state index < -0.39 is 0 Å². The molecule has 0 aliphatic carbocycles. The Balaban J connectivity index is 2.04. The molecule has 2 rings (SSSR count). The van der Waals surface area contributed by atoms with Crippen LogP contribution in [0.25, 0.3) is 0 Å². The maximum atomic E-state index is 4.18. The number of hydrogen-bond acceptors (Lipinski definition) is 5. The van der Waals surface area contributed by atoms with Crippen molar-refractivity contribution in [2.24, 2.45) is 7.05 Å². The van der Waals surface area contributed by atoms with E-state index in [4.69, 9.17) is 0 Å². The molecule has 0 unspecified atom stereocenters. The van der Waals surface area contributed by atoms with Crippen molar-refractivity contribution in [3.05, 3.63) is 29.7 Å². The molecule has 0 saturated carbocycles. The van der Waals surface area contributed by atoms with Gasteiger partial charge in [0.2, 0.25) is 0 Å². The lowest BCUT2D eigenvalue weighted by molar-refractivity contribution is 0.765. The fourth-order valence-corrected chi connectivity index (χ4v) is 2.26. The second kappa shape index (κ2) is 5.18. The standard InChI is InChI=1S/C11H15N5S/c1-8-14-15-11(16(8)3)17-7-9-4-5-13-10(6-9)12-2/h4-6H,7H2,1-3H3,(H,12,13). The van der Waals surface area contributed by atoms with E-state index in [-0.39, 0.29) is 0 Å². The van der Waals surface area contributed by atoms with Gasteiger partial charge in [0.05, 0.1) is 0 Å². The first-order chi connectivity index (χ1) is 8.20. The molecule has 2 aromatic rings. The molecule has 0 spiro atoms. The third-order valence-corrected chi connectivity index (χ3v) is 3.59. The van der Waals surface area contributed by atoms with E-state index >= 15 is 0 Å². The zero-order chi connectivity index (χ0) is 12.3. The summed E-state index contributed by atoms with van der Waals surface area (Å²) in [5, 5.41) is 12.1. The van der Waals surface area contributed by atoms with Gasteiger partial charge < -0.3 is 9.88 Å². The molecule has 0 aliphatic rings. The van der Waals surface area contributed by atoms with Crippen LogP contribution in [0.5, 0.6) is 0 Å². The summed E-state index contributed by atoms with van der Waals surface area (Å²) in [6.45, 7) is 1.95. The van der Waals surface area contributed by atoms with E-state index in [0.717, 1.165) is 22.6 Å². The minimum atomic E-state index is 0.864. The first-order valence-corrected chi connectivity index (χ1v) is 6.30. The van der Waals surface area contributed by atoms with Gasteiger partial charge in [-0.3, -0.25) is 0 Å². The molecule has 0 amide bonds. The van der Waals surface area contributed by atoms with Crippen molar-refractivity contribution in [3.63, 3.8) is 0 Å². The minimum Gasteiger partial charge on any atom is -0.373 e. The molecule has 0 bridgehead atoms. The van der Waals surface area contributed by atoms with E-state index in [1.165, 1.54) is 5.56 Å². The first-order valence-electron chi connectivity index (χ1n) is 5.32. The van der Waals surface area contributed by atoms with Crippen LogP contribution in [0.15, 0.2) is 23.5 Å². The van der Waals surface area contributed by atoms with E-state index in [1.807, 2.05) is 43.9 Å². The summed E-state index contributed by atoms with van der Waals surface area (Å²) in [7, 11) is 3.84. The van der Waals surface area contributed by atoms with Crippen LogP contribution in [0, 0.1) is 6.92 Å². The number of aryl methyl sites for hydroxylation is 1. The fraction of sp³-hybridized carbons (Fsp3) is 0.364. The predicted octanol–water partition coefficient (Wildman–Crippen LogP) is 1.85. The van der Waals surface area contributed by atoms with E-state index in [2.05, 4.69) is 20.5 Å². The molecule has 5 nitrogen and oxygen atoms in total. The quantitative estimate of drug-likeness (QED) is 0.838. The maximum Gasteiger partial charge on any atom is 0.191 e. The number of rotatable bonds is 4. The molecule has 2 aromatic heterocycles. The van der Waals surface area contributed by atoms with Crippen molar-refractivity contribution in [3.8, 4) is 0 Å². The second-order valence-corrected chi connectivity index (χ2v) is 4.62. The Morgan fingerprint density at radius 3 is 2.88 bits per heavy atom. The molecule has 0 aliphatic heterocycles. The summed E-state index contributed by atoms with van der Waals surface area (Å²) >= 11 is 1.67. The van der Waals surface area contributed by atoms with Gasteiger partial charge in [0.1, 0.15) is 11.6 Å². The SMILES string of the molecule is CNc1cc(CSc2nnc(C)n2C)ccn1. The lowest BCUT2D eigenvalue weighted by Gasteiger charge is -2.04. The fourth-order valence-electron chi connectivity index (χ4n) is 1.36. The largest absolute Gasteiger partial charge is 0.373 e. The van der Waals surface area contributed by atoms with Gasteiger partial charge in [-0.05, 0) is 24.6 Å². The Bertz CT molecular complexity index is 508. The van der Waals surface area contributed by atoms with Crippen molar-refractivity contribution < 1.29 is 0 Å². The molecular weight excluding hydrogens is 234 g/mol. The van der Waals surface area contributed by atoms with Gasteiger partial charge in [0.25, 0.3) is 0 Å². The van der Waals surface area contributed by atoms with Crippen molar-refractivity contribution >= 4 is 17.6 Å². The average Bonchev–Trinajstić information content (AvgIpc) is 2.68. The van der Waals surface area contributed by atoms with Crippen LogP contribution in [0.1, 0.15) is 11.4 Å². The van der Waals surface area contributed by atoms with E-state index in [0.29, 0.717) is 0 Å². The molecule has 0 saturated heterocycles. The normalized spacial score (nSPS) is 10.5. The number of aromatic nitrogens is 4. The van der Waals surface area contributed by atoms with Crippen molar-refractivity contribution in [1.82, 2.24) is 19.7 Å². The topological polar surface area (TPSA) is 55.6 Å². The van der Waals surface area contributed by atoms with E-state index in [1.54, 1.807) is 11.8 Å². The van der Waals surface area contributed by atoms with Crippen LogP contribution >= 0.6 is 11.8 Å². The number of thioether (sulfide) groups is 1. The lowest BCUT2D eigenvalue weighted by atomic mass is 10.3. The van der Waals surface area contributed by atoms with Gasteiger partial charge in [-0.25, -0.2) is 4.98 Å². The molecule has 2 heterocycles. The summed E-state index contributed by atoms with van der Waals surface area (Å²) in [4.78, 5) is 4.18. The molecule has 1 N–H and O–H groups in total. The Hall–Kier alpha value is -1.56. The number of nitrogens with zero attached hydrogens (tertiary/aromatic N) is 4. The monoisotopic (exact) mass is 249 g/mol. The maximum absolute atomic E-state index is 4.18. The van der Waals surface area contributed by atoms with Crippen molar-refractivity contribution in [2.75, 3.05) is 12.4 Å². The van der Waals surface area contributed by atoms with Crippen LogP contribution in [0.3, 0.4) is 0 Å². The Labute approximate surface area is 105 Å². The van der Waals surface area contributed by atoms with Crippen LogP contribution in [-0.4, -0.2) is 26.8 Å². The second-order valence-electron chi connectivity index (χ2n) is 3.68. The number of pyridine rings is 1. The minimum absolute atomic E-state index is 0.864. The van der Waals surface area contributed by atoms with Crippen LogP contribution in [-0.2, 0) is 12.8 Å². The highest BCUT2D eigenvalue weighted by molar-refractivity contribution is 7.98. The van der Waals surface area contributed by atoms with E-state index in [9.17, 15) is 0 Å². The van der Waals surface area contributed by atoms with Crippen LogP contribution in [0.4, 0.5) is 5.82 Å². The molecule has 17 heavy (non-hydrogen) atoms. The lowest BCUT2D eigenvalue weighted by Crippen LogP contribution is -1.95. The zero-order valence-electron chi connectivity index (χ0n) is 10.1. The van der Waals surface area contributed by atoms with Crippen LogP contribution < -0.4 is 5.32 Å². The third-order valence-electron chi connectivity index (χ3n) is 2.50. The molecule has 90 valence electrons. The number of anilines is 1. The summed E-state index contributed by atoms with van der Waals surface area (Å²) in [5.41, 5.74) is 1.22. The number of nitrogens with one attached hydrogen (secondary N) is 1. The Morgan fingerprint density at radius 2 is 2.24 bits per heavy atom. The first kappa shape index (κ1) is 11.9. The van der Waals surface area contributed by atoms with Crippen molar-refractivity contribution in [2.45, 2.75) is 17.8 Å². The zero-order valence-corrected chi connectivity index (χ0v) is 11.0. The third kappa shape index (κ3) is 2.76. The Morgan fingerprint density at radius 1 is 1.41 bits per heavy atom.